The van der Waals surface area contributed by atoms with Crippen molar-refractivity contribution in [3.05, 3.63) is 22.6 Å². The molecule has 1 aromatic rings. The fourth-order valence-corrected chi connectivity index (χ4v) is 1.22. The molecule has 0 aromatic carbocycles. The number of hydrogen-bond donors (Lipinski definition) is 1. The third-order valence-electron chi connectivity index (χ3n) is 1.43. The summed E-state index contributed by atoms with van der Waals surface area (Å²) in [5.41, 5.74) is -0.582. The van der Waals surface area contributed by atoms with E-state index >= 15 is 0 Å². The molecule has 0 aliphatic heterocycles. The van der Waals surface area contributed by atoms with Gasteiger partial charge in [-0.15, -0.1) is 0 Å². The smallest absolute Gasteiger partial charge is 0.413 e. The summed E-state index contributed by atoms with van der Waals surface area (Å²) in [5.74, 6) is -0.266. The van der Waals surface area contributed by atoms with Crippen LogP contribution in [-0.2, 0) is 4.74 Å². The lowest BCUT2D eigenvalue weighted by molar-refractivity contribution is 0.0635. The van der Waals surface area contributed by atoms with Gasteiger partial charge in [0.05, 0.1) is 0 Å². The van der Waals surface area contributed by atoms with Crippen LogP contribution < -0.4 is 5.32 Å². The van der Waals surface area contributed by atoms with E-state index in [-0.39, 0.29) is 10.4 Å². The highest BCUT2D eigenvalue weighted by Crippen LogP contribution is 2.16. The number of carbonyl (C=O) groups excluding carboxylic acids is 1. The van der Waals surface area contributed by atoms with E-state index in [1.54, 1.807) is 20.8 Å². The molecule has 0 spiro atoms. The quantitative estimate of drug-likeness (QED) is 0.807. The summed E-state index contributed by atoms with van der Waals surface area (Å²) in [4.78, 5) is 15.1. The van der Waals surface area contributed by atoms with E-state index in [4.69, 9.17) is 4.74 Å². The molecule has 0 radical (unpaired) electrons. The standard InChI is InChI=1S/C10H12BrFN2O2/c1-10(2,3)16-9(15)14-7-5-4-6(12)8(11)13-7/h4-5H,1-3H3,(H,13,14,15). The Bertz CT molecular complexity index is 404. The van der Waals surface area contributed by atoms with Gasteiger partial charge >= 0.3 is 6.09 Å². The number of nitrogens with zero attached hydrogens (tertiary/aromatic N) is 1. The van der Waals surface area contributed by atoms with Crippen LogP contribution in [0.1, 0.15) is 20.8 Å². The molecule has 0 atom stereocenters. The summed E-state index contributed by atoms with van der Waals surface area (Å²) in [5, 5.41) is 2.40. The first-order chi connectivity index (χ1) is 7.28. The number of rotatable bonds is 1. The van der Waals surface area contributed by atoms with Crippen molar-refractivity contribution in [2.75, 3.05) is 5.32 Å². The molecule has 6 heteroatoms. The van der Waals surface area contributed by atoms with Crippen LogP contribution in [0, 0.1) is 5.82 Å². The largest absolute Gasteiger partial charge is 0.444 e. The molecule has 16 heavy (non-hydrogen) atoms. The van der Waals surface area contributed by atoms with Crippen LogP contribution in [0.15, 0.2) is 16.7 Å². The number of ether oxygens (including phenoxy) is 1. The Morgan fingerprint density at radius 3 is 2.62 bits per heavy atom. The maximum absolute atomic E-state index is 12.9. The molecule has 0 saturated heterocycles. The predicted molar refractivity (Wildman–Crippen MR) is 61.8 cm³/mol. The van der Waals surface area contributed by atoms with Crippen molar-refractivity contribution in [2.45, 2.75) is 26.4 Å². The minimum atomic E-state index is -0.626. The number of nitrogens with one attached hydrogen (secondary N) is 1. The number of pyridine rings is 1. The molecule has 0 bridgehead atoms. The Morgan fingerprint density at radius 1 is 1.50 bits per heavy atom. The fourth-order valence-electron chi connectivity index (χ4n) is 0.895. The van der Waals surface area contributed by atoms with Crippen LogP contribution in [0.2, 0.25) is 0 Å². The highest BCUT2D eigenvalue weighted by atomic mass is 79.9. The molecule has 1 amide bonds. The minimum absolute atomic E-state index is 0.0426. The van der Waals surface area contributed by atoms with Gasteiger partial charge in [0.1, 0.15) is 16.0 Å². The molecule has 0 aliphatic rings. The van der Waals surface area contributed by atoms with Gasteiger partial charge in [-0.2, -0.15) is 0 Å². The first-order valence-electron chi connectivity index (χ1n) is 4.60. The van der Waals surface area contributed by atoms with Crippen molar-refractivity contribution in [1.82, 2.24) is 4.98 Å². The van der Waals surface area contributed by atoms with Gasteiger partial charge in [0.15, 0.2) is 5.82 Å². The van der Waals surface area contributed by atoms with E-state index in [2.05, 4.69) is 26.2 Å². The Labute approximate surface area is 101 Å². The van der Waals surface area contributed by atoms with Crippen molar-refractivity contribution in [3.8, 4) is 0 Å². The Morgan fingerprint density at radius 2 is 2.12 bits per heavy atom. The zero-order chi connectivity index (χ0) is 12.3. The van der Waals surface area contributed by atoms with Crippen molar-refractivity contribution < 1.29 is 13.9 Å². The average Bonchev–Trinajstić information content (AvgIpc) is 2.08. The molecular weight excluding hydrogens is 279 g/mol. The molecule has 1 heterocycles. The van der Waals surface area contributed by atoms with Gasteiger partial charge in [-0.3, -0.25) is 5.32 Å². The number of halogens is 2. The molecule has 0 fully saturated rings. The molecule has 4 nitrogen and oxygen atoms in total. The summed E-state index contributed by atoms with van der Waals surface area (Å²) in [6.07, 6.45) is -0.626. The second-order valence-electron chi connectivity index (χ2n) is 4.10. The van der Waals surface area contributed by atoms with Gasteiger partial charge in [0.25, 0.3) is 0 Å². The second kappa shape index (κ2) is 4.78. The highest BCUT2D eigenvalue weighted by Gasteiger charge is 2.16. The highest BCUT2D eigenvalue weighted by molar-refractivity contribution is 9.10. The average molecular weight is 291 g/mol. The SMILES string of the molecule is CC(C)(C)OC(=O)Nc1ccc(F)c(Br)n1. The van der Waals surface area contributed by atoms with E-state index in [9.17, 15) is 9.18 Å². The van der Waals surface area contributed by atoms with Crippen molar-refractivity contribution in [2.24, 2.45) is 0 Å². The van der Waals surface area contributed by atoms with Gasteiger partial charge in [-0.25, -0.2) is 14.2 Å². The van der Waals surface area contributed by atoms with Crippen LogP contribution in [-0.4, -0.2) is 16.7 Å². The Hall–Kier alpha value is -1.17. The zero-order valence-electron chi connectivity index (χ0n) is 9.17. The molecule has 1 aromatic heterocycles. The maximum atomic E-state index is 12.9. The second-order valence-corrected chi connectivity index (χ2v) is 4.85. The molecule has 88 valence electrons. The lowest BCUT2D eigenvalue weighted by Crippen LogP contribution is -2.27. The van der Waals surface area contributed by atoms with Gasteiger partial charge < -0.3 is 4.74 Å². The van der Waals surface area contributed by atoms with Gasteiger partial charge in [0, 0.05) is 0 Å². The van der Waals surface area contributed by atoms with Crippen molar-refractivity contribution >= 4 is 27.8 Å². The lowest BCUT2D eigenvalue weighted by Gasteiger charge is -2.19. The van der Waals surface area contributed by atoms with Gasteiger partial charge in [-0.05, 0) is 48.8 Å². The third kappa shape index (κ3) is 4.14. The van der Waals surface area contributed by atoms with Crippen LogP contribution in [0.4, 0.5) is 15.0 Å². The number of amides is 1. The molecule has 1 N–H and O–H groups in total. The first kappa shape index (κ1) is 12.9. The minimum Gasteiger partial charge on any atom is -0.444 e. The molecular formula is C10H12BrFN2O2. The number of aromatic nitrogens is 1. The van der Waals surface area contributed by atoms with Crippen LogP contribution in [0.3, 0.4) is 0 Å². The topological polar surface area (TPSA) is 51.2 Å². The normalized spacial score (nSPS) is 11.1. The van der Waals surface area contributed by atoms with E-state index in [1.807, 2.05) is 0 Å². The summed E-state index contributed by atoms with van der Waals surface area (Å²) in [6.45, 7) is 5.25. The van der Waals surface area contributed by atoms with E-state index in [0.717, 1.165) is 0 Å². The van der Waals surface area contributed by atoms with Crippen molar-refractivity contribution in [1.29, 1.82) is 0 Å². The fraction of sp³-hybridized carbons (Fsp3) is 0.400. The van der Waals surface area contributed by atoms with Gasteiger partial charge in [0.2, 0.25) is 0 Å². The molecule has 1 rings (SSSR count). The van der Waals surface area contributed by atoms with Gasteiger partial charge in [-0.1, -0.05) is 0 Å². The van der Waals surface area contributed by atoms with Crippen LogP contribution in [0.25, 0.3) is 0 Å². The van der Waals surface area contributed by atoms with Crippen LogP contribution >= 0.6 is 15.9 Å². The molecule has 0 unspecified atom stereocenters. The first-order valence-corrected chi connectivity index (χ1v) is 5.39. The number of carbonyl (C=O) groups is 1. The summed E-state index contributed by atoms with van der Waals surface area (Å²) in [7, 11) is 0. The Kier molecular flexibility index (Phi) is 3.85. The summed E-state index contributed by atoms with van der Waals surface area (Å²) < 4.78 is 17.9. The third-order valence-corrected chi connectivity index (χ3v) is 1.99. The van der Waals surface area contributed by atoms with E-state index < -0.39 is 17.5 Å². The molecule has 0 saturated carbocycles. The summed E-state index contributed by atoms with van der Waals surface area (Å²) in [6, 6.07) is 2.55. The molecule has 0 aliphatic carbocycles. The number of hydrogen-bond acceptors (Lipinski definition) is 3. The summed E-state index contributed by atoms with van der Waals surface area (Å²) >= 11 is 2.92. The van der Waals surface area contributed by atoms with Crippen molar-refractivity contribution in [3.63, 3.8) is 0 Å². The zero-order valence-corrected chi connectivity index (χ0v) is 10.8. The monoisotopic (exact) mass is 290 g/mol. The Balaban J connectivity index is 2.67. The predicted octanol–water partition coefficient (Wildman–Crippen LogP) is 3.33. The lowest BCUT2D eigenvalue weighted by atomic mass is 10.2. The van der Waals surface area contributed by atoms with Crippen LogP contribution in [0.5, 0.6) is 0 Å². The maximum Gasteiger partial charge on any atom is 0.413 e. The van der Waals surface area contributed by atoms with E-state index in [1.165, 1.54) is 12.1 Å². The number of anilines is 1. The van der Waals surface area contributed by atoms with E-state index in [0.29, 0.717) is 0 Å².